The van der Waals surface area contributed by atoms with Gasteiger partial charge >= 0.3 is 0 Å². The minimum Gasteiger partial charge on any atom is -0.334 e. The van der Waals surface area contributed by atoms with Crippen LogP contribution in [0.5, 0.6) is 0 Å². The van der Waals surface area contributed by atoms with E-state index in [1.807, 2.05) is 28.8 Å². The first-order valence-corrected chi connectivity index (χ1v) is 7.04. The number of rotatable bonds is 3. The van der Waals surface area contributed by atoms with Crippen LogP contribution < -0.4 is 0 Å². The van der Waals surface area contributed by atoms with E-state index >= 15 is 0 Å². The van der Waals surface area contributed by atoms with Crippen molar-refractivity contribution in [2.24, 2.45) is 0 Å². The van der Waals surface area contributed by atoms with E-state index in [0.29, 0.717) is 5.56 Å². The minimum absolute atomic E-state index is 0.0770. The molecule has 0 radical (unpaired) electrons. The number of nitrogens with one attached hydrogen (secondary N) is 1. The maximum atomic E-state index is 12.7. The molecule has 1 atom stereocenters. The van der Waals surface area contributed by atoms with E-state index in [0.717, 1.165) is 31.6 Å². The van der Waals surface area contributed by atoms with E-state index < -0.39 is 0 Å². The molecule has 1 amide bonds. The molecule has 1 fully saturated rings. The van der Waals surface area contributed by atoms with Crippen LogP contribution in [0.15, 0.2) is 24.7 Å². The van der Waals surface area contributed by atoms with E-state index in [2.05, 4.69) is 15.3 Å². The van der Waals surface area contributed by atoms with Crippen molar-refractivity contribution < 1.29 is 4.79 Å². The van der Waals surface area contributed by atoms with Crippen LogP contribution >= 0.6 is 0 Å². The van der Waals surface area contributed by atoms with Crippen molar-refractivity contribution in [2.75, 3.05) is 6.54 Å². The zero-order chi connectivity index (χ0) is 13.9. The second-order valence-electron chi connectivity index (χ2n) is 5.28. The lowest BCUT2D eigenvalue weighted by molar-refractivity contribution is 0.0583. The highest BCUT2D eigenvalue weighted by molar-refractivity contribution is 5.95. The molecule has 106 valence electrons. The molecule has 3 heterocycles. The Morgan fingerprint density at radius 2 is 2.40 bits per heavy atom. The molecule has 1 unspecified atom stereocenters. The van der Waals surface area contributed by atoms with Gasteiger partial charge in [0.2, 0.25) is 0 Å². The molecule has 0 saturated carbocycles. The van der Waals surface area contributed by atoms with E-state index in [-0.39, 0.29) is 11.9 Å². The third-order valence-corrected chi connectivity index (χ3v) is 3.91. The highest BCUT2D eigenvalue weighted by atomic mass is 16.2. The van der Waals surface area contributed by atoms with Crippen molar-refractivity contribution >= 4 is 5.91 Å². The zero-order valence-corrected chi connectivity index (χ0v) is 11.6. The second kappa shape index (κ2) is 5.48. The molecule has 0 aliphatic carbocycles. The molecular weight excluding hydrogens is 254 g/mol. The Morgan fingerprint density at radius 3 is 3.10 bits per heavy atom. The molecule has 20 heavy (non-hydrogen) atoms. The van der Waals surface area contributed by atoms with Gasteiger partial charge in [0.1, 0.15) is 0 Å². The predicted octanol–water partition coefficient (Wildman–Crippen LogP) is 1.61. The fourth-order valence-corrected chi connectivity index (χ4v) is 2.80. The van der Waals surface area contributed by atoms with Gasteiger partial charge < -0.3 is 4.90 Å². The Kier molecular flexibility index (Phi) is 3.54. The van der Waals surface area contributed by atoms with Crippen LogP contribution in [-0.4, -0.2) is 43.4 Å². The van der Waals surface area contributed by atoms with Crippen LogP contribution in [0.2, 0.25) is 0 Å². The summed E-state index contributed by atoms with van der Waals surface area (Å²) in [5.41, 5.74) is 1.51. The smallest absolute Gasteiger partial charge is 0.257 e. The van der Waals surface area contributed by atoms with Crippen LogP contribution in [0.3, 0.4) is 0 Å². The largest absolute Gasteiger partial charge is 0.334 e. The Morgan fingerprint density at radius 1 is 1.50 bits per heavy atom. The summed E-state index contributed by atoms with van der Waals surface area (Å²) in [5, 5.41) is 11.0. The van der Waals surface area contributed by atoms with Crippen LogP contribution in [0, 0.1) is 6.92 Å². The number of carbonyl (C=O) groups is 1. The molecule has 1 N–H and O–H groups in total. The van der Waals surface area contributed by atoms with Gasteiger partial charge in [-0.2, -0.15) is 10.2 Å². The van der Waals surface area contributed by atoms with Gasteiger partial charge in [-0.15, -0.1) is 0 Å². The van der Waals surface area contributed by atoms with E-state index in [9.17, 15) is 4.79 Å². The van der Waals surface area contributed by atoms with Crippen LogP contribution in [0.4, 0.5) is 0 Å². The summed E-state index contributed by atoms with van der Waals surface area (Å²) in [6.07, 6.45) is 8.60. The maximum Gasteiger partial charge on any atom is 0.257 e. The lowest BCUT2D eigenvalue weighted by Crippen LogP contribution is -2.46. The van der Waals surface area contributed by atoms with Crippen molar-refractivity contribution in [3.63, 3.8) is 0 Å². The number of amides is 1. The number of hydrogen-bond donors (Lipinski definition) is 1. The average molecular weight is 273 g/mol. The molecule has 6 heteroatoms. The summed E-state index contributed by atoms with van der Waals surface area (Å²) in [7, 11) is 0. The van der Waals surface area contributed by atoms with Crippen molar-refractivity contribution in [3.8, 4) is 0 Å². The first-order chi connectivity index (χ1) is 9.75. The van der Waals surface area contributed by atoms with Gasteiger partial charge in [-0.05, 0) is 32.3 Å². The molecule has 1 aliphatic rings. The topological polar surface area (TPSA) is 66.8 Å². The van der Waals surface area contributed by atoms with Crippen molar-refractivity contribution in [1.29, 1.82) is 0 Å². The molecule has 0 spiro atoms. The summed E-state index contributed by atoms with van der Waals surface area (Å²) in [6, 6.07) is 2.13. The Hall–Kier alpha value is -2.11. The number of piperidine rings is 1. The summed E-state index contributed by atoms with van der Waals surface area (Å²) in [6.45, 7) is 3.46. The quantitative estimate of drug-likeness (QED) is 0.924. The predicted molar refractivity (Wildman–Crippen MR) is 74.2 cm³/mol. The van der Waals surface area contributed by atoms with Gasteiger partial charge in [-0.3, -0.25) is 14.6 Å². The zero-order valence-electron chi connectivity index (χ0n) is 11.6. The SMILES string of the molecule is Cc1[nH]ncc1C(=O)N1CCCCC1Cn1cccn1. The number of aromatic nitrogens is 4. The second-order valence-corrected chi connectivity index (χ2v) is 5.28. The molecule has 3 rings (SSSR count). The van der Waals surface area contributed by atoms with Gasteiger partial charge in [0, 0.05) is 24.6 Å². The third kappa shape index (κ3) is 2.45. The fourth-order valence-electron chi connectivity index (χ4n) is 2.80. The number of carbonyl (C=O) groups excluding carboxylic acids is 1. The van der Waals surface area contributed by atoms with E-state index in [1.54, 1.807) is 12.4 Å². The van der Waals surface area contributed by atoms with Crippen LogP contribution in [0.25, 0.3) is 0 Å². The minimum atomic E-state index is 0.0770. The molecule has 0 aromatic carbocycles. The number of likely N-dealkylation sites (tertiary alicyclic amines) is 1. The van der Waals surface area contributed by atoms with E-state index in [4.69, 9.17) is 0 Å². The lowest BCUT2D eigenvalue weighted by atomic mass is 10.0. The number of hydrogen-bond acceptors (Lipinski definition) is 3. The highest BCUT2D eigenvalue weighted by Crippen LogP contribution is 2.21. The van der Waals surface area contributed by atoms with Gasteiger partial charge in [-0.25, -0.2) is 0 Å². The number of aromatic amines is 1. The van der Waals surface area contributed by atoms with Crippen molar-refractivity contribution in [1.82, 2.24) is 24.9 Å². The first-order valence-electron chi connectivity index (χ1n) is 7.04. The molecule has 1 aliphatic heterocycles. The normalized spacial score (nSPS) is 19.2. The summed E-state index contributed by atoms with van der Waals surface area (Å²) < 4.78 is 1.90. The molecule has 6 nitrogen and oxygen atoms in total. The number of H-pyrrole nitrogens is 1. The monoisotopic (exact) mass is 273 g/mol. The molecule has 2 aromatic heterocycles. The molecular formula is C14H19N5O. The summed E-state index contributed by atoms with van der Waals surface area (Å²) in [5.74, 6) is 0.0770. The third-order valence-electron chi connectivity index (χ3n) is 3.91. The van der Waals surface area contributed by atoms with Gasteiger partial charge in [0.15, 0.2) is 0 Å². The Bertz CT molecular complexity index is 574. The van der Waals surface area contributed by atoms with Gasteiger partial charge in [0.05, 0.1) is 24.3 Å². The molecule has 1 saturated heterocycles. The number of nitrogens with zero attached hydrogens (tertiary/aromatic N) is 4. The summed E-state index contributed by atoms with van der Waals surface area (Å²) in [4.78, 5) is 14.6. The standard InChI is InChI=1S/C14H19N5O/c1-11-13(9-15-17-11)14(20)19-8-3-2-5-12(19)10-18-7-4-6-16-18/h4,6-7,9,12H,2-3,5,8,10H2,1H3,(H,15,17). The van der Waals surface area contributed by atoms with Crippen molar-refractivity contribution in [2.45, 2.75) is 38.8 Å². The highest BCUT2D eigenvalue weighted by Gasteiger charge is 2.29. The fraction of sp³-hybridized carbons (Fsp3) is 0.500. The van der Waals surface area contributed by atoms with E-state index in [1.165, 1.54) is 6.42 Å². The molecule has 0 bridgehead atoms. The average Bonchev–Trinajstić information content (AvgIpc) is 3.10. The maximum absolute atomic E-state index is 12.7. The van der Waals surface area contributed by atoms with Crippen molar-refractivity contribution in [3.05, 3.63) is 35.9 Å². The number of aryl methyl sites for hydroxylation is 1. The first kappa shape index (κ1) is 12.9. The Labute approximate surface area is 117 Å². The Balaban J connectivity index is 1.78. The van der Waals surface area contributed by atoms with Gasteiger partial charge in [-0.1, -0.05) is 0 Å². The summed E-state index contributed by atoms with van der Waals surface area (Å²) >= 11 is 0. The van der Waals surface area contributed by atoms with Gasteiger partial charge in [0.25, 0.3) is 5.91 Å². The lowest BCUT2D eigenvalue weighted by Gasteiger charge is -2.35. The van der Waals surface area contributed by atoms with Crippen LogP contribution in [0.1, 0.15) is 35.3 Å². The molecule has 2 aromatic rings. The van der Waals surface area contributed by atoms with Crippen LogP contribution in [-0.2, 0) is 6.54 Å².